The zero-order valence-electron chi connectivity index (χ0n) is 14.1. The summed E-state index contributed by atoms with van der Waals surface area (Å²) in [5.41, 5.74) is 2.32. The van der Waals surface area contributed by atoms with E-state index in [9.17, 15) is 4.79 Å². The maximum absolute atomic E-state index is 11.4. The van der Waals surface area contributed by atoms with Crippen LogP contribution in [0.5, 0.6) is 0 Å². The molecule has 0 bridgehead atoms. The molecule has 0 aromatic heterocycles. The second kappa shape index (κ2) is 11.6. The predicted octanol–water partition coefficient (Wildman–Crippen LogP) is 1.21. The Morgan fingerprint density at radius 1 is 0.840 bits per heavy atom. The Bertz CT molecular complexity index is 713. The fourth-order valence-electron chi connectivity index (χ4n) is 1.56. The van der Waals surface area contributed by atoms with Gasteiger partial charge in [0.25, 0.3) is 0 Å². The van der Waals surface area contributed by atoms with Gasteiger partial charge in [0.05, 0.1) is 5.71 Å². The number of ketones is 1. The molecule has 0 heterocycles. The van der Waals surface area contributed by atoms with E-state index in [0.717, 1.165) is 5.56 Å². The first kappa shape index (κ1) is 23.1. The summed E-state index contributed by atoms with van der Waals surface area (Å²) in [6.45, 7) is 3.24. The van der Waals surface area contributed by atoms with E-state index in [1.165, 1.54) is 6.92 Å². The normalized spacial score (nSPS) is 13.1. The fraction of sp³-hybridized carbons (Fsp3) is 0.267. The van der Waals surface area contributed by atoms with Gasteiger partial charge in [-0.2, -0.15) is 15.3 Å². The van der Waals surface area contributed by atoms with E-state index in [2.05, 4.69) is 31.0 Å². The third-order valence-corrected chi connectivity index (χ3v) is 3.44. The van der Waals surface area contributed by atoms with Gasteiger partial charge in [0.15, 0.2) is 5.78 Å². The van der Waals surface area contributed by atoms with Crippen LogP contribution in [0.15, 0.2) is 44.7 Å². The van der Waals surface area contributed by atoms with Gasteiger partial charge < -0.3 is 35.9 Å². The molecular weight excluding hydrogens is 408 g/mol. The minimum atomic E-state index is -0.0131. The van der Waals surface area contributed by atoms with Gasteiger partial charge in [-0.15, -0.1) is 5.10 Å². The number of carbonyl (C=O) groups is 1. The molecule has 0 saturated heterocycles. The Hall–Kier alpha value is -1.87. The number of nitrogens with one attached hydrogen (secondary N) is 2. The molecular formula is C15H18CuN6OS2. The average Bonchev–Trinajstić information content (AvgIpc) is 2.59. The van der Waals surface area contributed by atoms with Crippen LogP contribution < -0.4 is 10.6 Å². The molecule has 0 aliphatic carbocycles. The van der Waals surface area contributed by atoms with Gasteiger partial charge in [0.2, 0.25) is 0 Å². The van der Waals surface area contributed by atoms with Crippen molar-refractivity contribution in [1.29, 1.82) is 0 Å². The molecule has 0 atom stereocenters. The minimum Gasteiger partial charge on any atom is -0.741 e. The van der Waals surface area contributed by atoms with E-state index in [-0.39, 0.29) is 33.2 Å². The number of hydrogen-bond donors (Lipinski definition) is 2. The predicted molar refractivity (Wildman–Crippen MR) is 104 cm³/mol. The van der Waals surface area contributed by atoms with Gasteiger partial charge in [-0.1, -0.05) is 24.3 Å². The maximum atomic E-state index is 11.4. The van der Waals surface area contributed by atoms with E-state index >= 15 is 0 Å². The molecule has 1 aromatic carbocycles. The molecule has 137 valence electrons. The summed E-state index contributed by atoms with van der Waals surface area (Å²) < 4.78 is 0. The van der Waals surface area contributed by atoms with Gasteiger partial charge in [0.1, 0.15) is 5.71 Å². The molecule has 1 radical (unpaired) electrons. The molecule has 0 unspecified atom stereocenters. The zero-order chi connectivity index (χ0) is 18.1. The summed E-state index contributed by atoms with van der Waals surface area (Å²) in [6, 6.07) is 6.96. The summed E-state index contributed by atoms with van der Waals surface area (Å²) in [6.07, 6.45) is 0. The summed E-state index contributed by atoms with van der Waals surface area (Å²) in [5.74, 6) is -0.0131. The molecule has 0 fully saturated rings. The molecule has 0 amide bonds. The Labute approximate surface area is 168 Å². The van der Waals surface area contributed by atoms with Crippen LogP contribution in [0.2, 0.25) is 0 Å². The van der Waals surface area contributed by atoms with E-state index in [1.807, 2.05) is 0 Å². The number of nitrogens with zero attached hydrogens (tertiary/aromatic N) is 4. The molecule has 0 spiro atoms. The first-order valence-electron chi connectivity index (χ1n) is 6.98. The Kier molecular flexibility index (Phi) is 10.8. The monoisotopic (exact) mass is 425 g/mol. The summed E-state index contributed by atoms with van der Waals surface area (Å²) in [7, 11) is 3.32. The van der Waals surface area contributed by atoms with Gasteiger partial charge in [-0.3, -0.25) is 4.79 Å². The van der Waals surface area contributed by atoms with Crippen molar-refractivity contribution >= 4 is 52.8 Å². The van der Waals surface area contributed by atoms with Crippen LogP contribution in [0, 0.1) is 0 Å². The van der Waals surface area contributed by atoms with E-state index < -0.39 is 0 Å². The standard InChI is InChI=1S/C15H20N6OS2.Cu/c1-9(18-20-14(23)16-3)13(19-21-15(24)17-4)12-7-5-11(6-8-12)10(2)22;/h5-8H,1-4H3,(H2,16,20,23)(H2,17,21,24);/q;+2/p-2. The van der Waals surface area contributed by atoms with Crippen LogP contribution in [0.1, 0.15) is 29.8 Å². The van der Waals surface area contributed by atoms with Crippen LogP contribution in [0.4, 0.5) is 0 Å². The quantitative estimate of drug-likeness (QED) is 0.185. The molecule has 1 rings (SSSR count). The smallest absolute Gasteiger partial charge is 0.741 e. The van der Waals surface area contributed by atoms with Crippen LogP contribution in [0.3, 0.4) is 0 Å². The third-order valence-electron chi connectivity index (χ3n) is 2.87. The van der Waals surface area contributed by atoms with Crippen LogP contribution in [0.25, 0.3) is 0 Å². The Morgan fingerprint density at radius 2 is 1.28 bits per heavy atom. The van der Waals surface area contributed by atoms with Crippen molar-refractivity contribution in [2.45, 2.75) is 13.8 Å². The van der Waals surface area contributed by atoms with Gasteiger partial charge in [-0.25, -0.2) is 0 Å². The number of benzene rings is 1. The minimum absolute atomic E-state index is 0. The van der Waals surface area contributed by atoms with Crippen LogP contribution >= 0.6 is 0 Å². The fourth-order valence-corrected chi connectivity index (χ4v) is 1.65. The van der Waals surface area contributed by atoms with E-state index in [0.29, 0.717) is 17.0 Å². The Morgan fingerprint density at radius 3 is 1.72 bits per heavy atom. The molecule has 0 saturated carbocycles. The van der Waals surface area contributed by atoms with Crippen molar-refractivity contribution in [1.82, 2.24) is 10.6 Å². The second-order valence-electron chi connectivity index (χ2n) is 4.58. The van der Waals surface area contributed by atoms with Crippen LogP contribution in [-0.2, 0) is 42.3 Å². The first-order valence-corrected chi connectivity index (χ1v) is 7.79. The van der Waals surface area contributed by atoms with Crippen molar-refractivity contribution in [3.63, 3.8) is 0 Å². The second-order valence-corrected chi connectivity index (χ2v) is 5.35. The van der Waals surface area contributed by atoms with Crippen molar-refractivity contribution in [3.8, 4) is 0 Å². The maximum Gasteiger partial charge on any atom is 2.00 e. The number of Topliss-reactive ketones (excluding diaryl/α,β-unsaturated/α-hetero) is 1. The van der Waals surface area contributed by atoms with E-state index in [1.54, 1.807) is 45.3 Å². The topological polar surface area (TPSA) is 90.6 Å². The van der Waals surface area contributed by atoms with Crippen molar-refractivity contribution in [2.24, 2.45) is 20.4 Å². The third kappa shape index (κ3) is 7.70. The molecule has 0 aliphatic heterocycles. The van der Waals surface area contributed by atoms with Crippen molar-refractivity contribution < 1.29 is 21.9 Å². The summed E-state index contributed by atoms with van der Waals surface area (Å²) in [5, 5.41) is 21.9. The number of rotatable bonds is 5. The molecule has 7 nitrogen and oxygen atoms in total. The van der Waals surface area contributed by atoms with Crippen molar-refractivity contribution in [2.75, 3.05) is 14.1 Å². The molecule has 25 heavy (non-hydrogen) atoms. The molecule has 0 aliphatic rings. The molecule has 1 aromatic rings. The van der Waals surface area contributed by atoms with Gasteiger partial charge >= 0.3 is 17.1 Å². The summed E-state index contributed by atoms with van der Waals surface area (Å²) >= 11 is 9.90. The van der Waals surface area contributed by atoms with Crippen LogP contribution in [-0.4, -0.2) is 41.6 Å². The first-order chi connectivity index (χ1) is 11.4. The van der Waals surface area contributed by atoms with E-state index in [4.69, 9.17) is 25.3 Å². The zero-order valence-corrected chi connectivity index (χ0v) is 16.7. The van der Waals surface area contributed by atoms with Crippen molar-refractivity contribution in [3.05, 3.63) is 35.4 Å². The van der Waals surface area contributed by atoms with Gasteiger partial charge in [-0.05, 0) is 24.2 Å². The largest absolute Gasteiger partial charge is 2.00 e. The number of carbonyl (C=O) groups excluding carboxylic acids is 1. The van der Waals surface area contributed by atoms with Gasteiger partial charge in [0, 0.05) is 25.2 Å². The average molecular weight is 426 g/mol. The summed E-state index contributed by atoms with van der Waals surface area (Å²) in [4.78, 5) is 11.4. The number of amidine groups is 2. The Balaban J connectivity index is 0.00000576. The molecule has 10 heteroatoms. The SMILES string of the molecule is CNC([S-])=NN=C(C)C(=NN=C([S-])NC)c1ccc(C(C)=O)cc1.[Cu+2]. The molecule has 2 N–H and O–H groups in total. The number of hydrogen-bond acceptors (Lipinski definition) is 7.